The summed E-state index contributed by atoms with van der Waals surface area (Å²) < 4.78 is 1.43. The fourth-order valence-corrected chi connectivity index (χ4v) is 0.569. The van der Waals surface area contributed by atoms with E-state index in [2.05, 4.69) is 11.0 Å². The molecule has 0 spiro atoms. The highest BCUT2D eigenvalue weighted by Crippen LogP contribution is 1.92. The predicted octanol–water partition coefficient (Wildman–Crippen LogP) is -0.186. The van der Waals surface area contributed by atoms with E-state index in [-0.39, 0.29) is 6.61 Å². The molecule has 0 amide bonds. The minimum atomic E-state index is -0.114. The number of hydrogen-bond acceptors (Lipinski definition) is 2. The van der Waals surface area contributed by atoms with Crippen molar-refractivity contribution in [3.8, 4) is 12.5 Å². The largest absolute Gasteiger partial charge is 0.388 e. The summed E-state index contributed by atoms with van der Waals surface area (Å²) in [7, 11) is 0. The van der Waals surface area contributed by atoms with E-state index in [1.807, 2.05) is 0 Å². The minimum absolute atomic E-state index is 0.114. The first-order chi connectivity index (χ1) is 4.38. The molecule has 46 valence electrons. The highest BCUT2D eigenvalue weighted by molar-refractivity contribution is 5.02. The lowest BCUT2D eigenvalue weighted by atomic mass is 10.6. The van der Waals surface area contributed by atoms with Gasteiger partial charge < -0.3 is 5.11 Å². The van der Waals surface area contributed by atoms with Crippen molar-refractivity contribution in [2.24, 2.45) is 0 Å². The van der Waals surface area contributed by atoms with Crippen molar-refractivity contribution in [1.82, 2.24) is 9.55 Å². The molecule has 3 nitrogen and oxygen atoms in total. The van der Waals surface area contributed by atoms with Crippen LogP contribution in [0.5, 0.6) is 0 Å². The van der Waals surface area contributed by atoms with Gasteiger partial charge in [-0.15, -0.1) is 0 Å². The lowest BCUT2D eigenvalue weighted by molar-refractivity contribution is 0.270. The van der Waals surface area contributed by atoms with Crippen molar-refractivity contribution in [2.75, 3.05) is 0 Å². The lowest BCUT2D eigenvalue weighted by Crippen LogP contribution is -1.95. The molecule has 1 heterocycles. The summed E-state index contributed by atoms with van der Waals surface area (Å²) in [6, 6.07) is 2.32. The molecular weight excluding hydrogens is 116 g/mol. The molecule has 0 atom stereocenters. The number of rotatable bonds is 1. The Morgan fingerprint density at radius 3 is 3.11 bits per heavy atom. The zero-order chi connectivity index (χ0) is 6.69. The van der Waals surface area contributed by atoms with Crippen molar-refractivity contribution < 1.29 is 5.11 Å². The third-order valence-electron chi connectivity index (χ3n) is 0.998. The molecule has 0 saturated carbocycles. The predicted molar refractivity (Wildman–Crippen MR) is 32.4 cm³/mol. The average molecular weight is 122 g/mol. The fraction of sp³-hybridized carbons (Fsp3) is 0.167. The second-order valence-electron chi connectivity index (χ2n) is 1.50. The summed E-state index contributed by atoms with van der Waals surface area (Å²) >= 11 is 0. The number of terminal acetylenes is 1. The minimum Gasteiger partial charge on any atom is -0.388 e. The Kier molecular flexibility index (Phi) is 1.52. The van der Waals surface area contributed by atoms with E-state index in [0.717, 1.165) is 0 Å². The van der Waals surface area contributed by atoms with Crippen LogP contribution in [0.2, 0.25) is 0 Å². The molecule has 0 aliphatic rings. The summed E-state index contributed by atoms with van der Waals surface area (Å²) in [5, 5.41) is 8.56. The van der Waals surface area contributed by atoms with Gasteiger partial charge in [0.05, 0.1) is 0 Å². The molecule has 1 rings (SSSR count). The van der Waals surface area contributed by atoms with Gasteiger partial charge in [0.15, 0.2) is 0 Å². The molecule has 1 aromatic heterocycles. The van der Waals surface area contributed by atoms with Crippen LogP contribution < -0.4 is 0 Å². The molecule has 0 saturated heterocycles. The van der Waals surface area contributed by atoms with Crippen molar-refractivity contribution >= 4 is 0 Å². The van der Waals surface area contributed by atoms with Crippen LogP contribution in [0.25, 0.3) is 0 Å². The van der Waals surface area contributed by atoms with Gasteiger partial charge in [-0.05, 0) is 0 Å². The smallest absolute Gasteiger partial charge is 0.146 e. The highest BCUT2D eigenvalue weighted by Gasteiger charge is 1.94. The number of aromatic nitrogens is 2. The van der Waals surface area contributed by atoms with Gasteiger partial charge in [0, 0.05) is 18.4 Å². The van der Waals surface area contributed by atoms with Crippen LogP contribution in [0.4, 0.5) is 0 Å². The van der Waals surface area contributed by atoms with Crippen molar-refractivity contribution in [2.45, 2.75) is 6.61 Å². The Morgan fingerprint density at radius 1 is 1.89 bits per heavy atom. The van der Waals surface area contributed by atoms with Crippen molar-refractivity contribution in [1.29, 1.82) is 0 Å². The Labute approximate surface area is 53.0 Å². The molecule has 0 aliphatic carbocycles. The quantitative estimate of drug-likeness (QED) is 0.524. The zero-order valence-electron chi connectivity index (χ0n) is 4.78. The zero-order valence-corrected chi connectivity index (χ0v) is 4.78. The van der Waals surface area contributed by atoms with Crippen molar-refractivity contribution in [3.05, 3.63) is 18.2 Å². The molecule has 3 heteroatoms. The van der Waals surface area contributed by atoms with E-state index in [9.17, 15) is 0 Å². The Morgan fingerprint density at radius 2 is 2.67 bits per heavy atom. The van der Waals surface area contributed by atoms with Crippen molar-refractivity contribution in [3.63, 3.8) is 0 Å². The van der Waals surface area contributed by atoms with Gasteiger partial charge in [0.25, 0.3) is 0 Å². The Hall–Kier alpha value is -1.27. The maximum absolute atomic E-state index is 8.56. The second-order valence-corrected chi connectivity index (χ2v) is 1.50. The summed E-state index contributed by atoms with van der Waals surface area (Å²) in [4.78, 5) is 3.78. The van der Waals surface area contributed by atoms with Crippen LogP contribution in [-0.4, -0.2) is 14.7 Å². The van der Waals surface area contributed by atoms with E-state index in [1.54, 1.807) is 12.4 Å². The number of aliphatic hydroxyl groups is 1. The van der Waals surface area contributed by atoms with Gasteiger partial charge in [0.1, 0.15) is 12.4 Å². The Bertz CT molecular complexity index is 233. The molecule has 0 aliphatic heterocycles. The number of aliphatic hydroxyl groups excluding tert-OH is 1. The van der Waals surface area contributed by atoms with E-state index in [1.165, 1.54) is 4.57 Å². The normalized spacial score (nSPS) is 8.89. The monoisotopic (exact) mass is 122 g/mol. The standard InChI is InChI=1S/C6H6N2O/c1-2-8-4-3-7-6(8)5-9/h1,3-4,9H,5H2. The topological polar surface area (TPSA) is 38.0 Å². The van der Waals surface area contributed by atoms with E-state index < -0.39 is 0 Å². The van der Waals surface area contributed by atoms with Gasteiger partial charge in [0.2, 0.25) is 0 Å². The molecule has 0 radical (unpaired) electrons. The van der Waals surface area contributed by atoms with Gasteiger partial charge in [-0.3, -0.25) is 4.57 Å². The van der Waals surface area contributed by atoms with Crippen LogP contribution in [0, 0.1) is 12.5 Å². The molecule has 0 fully saturated rings. The lowest BCUT2D eigenvalue weighted by Gasteiger charge is -1.91. The third-order valence-corrected chi connectivity index (χ3v) is 0.998. The summed E-state index contributed by atoms with van der Waals surface area (Å²) in [5.41, 5.74) is 0. The SMILES string of the molecule is C#Cn1ccnc1CO. The maximum Gasteiger partial charge on any atom is 0.146 e. The average Bonchev–Trinajstić information content (AvgIpc) is 2.33. The third kappa shape index (κ3) is 0.929. The second kappa shape index (κ2) is 2.33. The van der Waals surface area contributed by atoms with Gasteiger partial charge in [-0.2, -0.15) is 0 Å². The van der Waals surface area contributed by atoms with Gasteiger partial charge in [-0.1, -0.05) is 6.42 Å². The van der Waals surface area contributed by atoms with Crippen LogP contribution in [-0.2, 0) is 6.61 Å². The van der Waals surface area contributed by atoms with Crippen LogP contribution in [0.1, 0.15) is 5.82 Å². The van der Waals surface area contributed by atoms with Gasteiger partial charge in [-0.25, -0.2) is 4.98 Å². The number of imidazole rings is 1. The number of hydrogen-bond donors (Lipinski definition) is 1. The molecule has 0 unspecified atom stereocenters. The molecule has 0 aromatic carbocycles. The molecule has 1 aromatic rings. The van der Waals surface area contributed by atoms with Gasteiger partial charge >= 0.3 is 0 Å². The van der Waals surface area contributed by atoms with E-state index in [0.29, 0.717) is 5.82 Å². The molecular formula is C6H6N2O. The van der Waals surface area contributed by atoms with E-state index in [4.69, 9.17) is 11.5 Å². The maximum atomic E-state index is 8.56. The first kappa shape index (κ1) is 5.86. The first-order valence-corrected chi connectivity index (χ1v) is 2.48. The van der Waals surface area contributed by atoms with Crippen LogP contribution in [0.15, 0.2) is 12.4 Å². The van der Waals surface area contributed by atoms with E-state index >= 15 is 0 Å². The number of nitrogens with zero attached hydrogens (tertiary/aromatic N) is 2. The van der Waals surface area contributed by atoms with Crippen LogP contribution >= 0.6 is 0 Å². The van der Waals surface area contributed by atoms with Crippen LogP contribution in [0.3, 0.4) is 0 Å². The molecule has 9 heavy (non-hydrogen) atoms. The summed E-state index contributed by atoms with van der Waals surface area (Å²) in [5.74, 6) is 0.498. The highest BCUT2D eigenvalue weighted by atomic mass is 16.3. The summed E-state index contributed by atoms with van der Waals surface area (Å²) in [6.07, 6.45) is 8.20. The Balaban J connectivity index is 3.02. The fourth-order valence-electron chi connectivity index (χ4n) is 0.569. The molecule has 0 bridgehead atoms. The first-order valence-electron chi connectivity index (χ1n) is 2.48. The molecule has 1 N–H and O–H groups in total. The summed E-state index contributed by atoms with van der Waals surface area (Å²) in [6.45, 7) is -0.114.